The molecule has 4 aliphatic rings. The molecule has 6 atom stereocenters. The largest absolute Gasteiger partial charge is 0.505 e. The summed E-state index contributed by atoms with van der Waals surface area (Å²) in [5, 5.41) is 21.2. The maximum Gasteiger partial charge on any atom is 0.184 e. The first-order valence-corrected chi connectivity index (χ1v) is 9.31. The highest BCUT2D eigenvalue weighted by Gasteiger charge is 2.60. The van der Waals surface area contributed by atoms with Gasteiger partial charge >= 0.3 is 0 Å². The molecular formula is C21H26O4. The molecule has 0 bridgehead atoms. The van der Waals surface area contributed by atoms with Crippen LogP contribution < -0.4 is 0 Å². The Morgan fingerprint density at radius 2 is 2.04 bits per heavy atom. The van der Waals surface area contributed by atoms with Crippen LogP contribution in [-0.4, -0.2) is 28.4 Å². The molecular weight excluding hydrogens is 316 g/mol. The number of hydrogen-bond donors (Lipinski definition) is 2. The van der Waals surface area contributed by atoms with Crippen molar-refractivity contribution in [2.24, 2.45) is 28.6 Å². The number of allylic oxidation sites excluding steroid dienone is 6. The van der Waals surface area contributed by atoms with Gasteiger partial charge in [0, 0.05) is 11.3 Å². The van der Waals surface area contributed by atoms with Gasteiger partial charge in [-0.25, -0.2) is 0 Å². The molecule has 3 saturated carbocycles. The minimum absolute atomic E-state index is 0.0445. The standard InChI is InChI=1S/C21H26O4/c1-20-8-7-13(23)9-12(20)3-4-14-15-5-6-16(18(25)11-22)21(15,2)10-17(24)19(14)20/h7-9,11,14-15,17,19,24-25H,3-6,10H2,1-2H3/b18-16+/t14-,15-,17-,19+,20+,21+/m1/s1. The molecule has 4 nitrogen and oxygen atoms in total. The van der Waals surface area contributed by atoms with Gasteiger partial charge in [0.05, 0.1) is 6.10 Å². The molecule has 0 aromatic heterocycles. The van der Waals surface area contributed by atoms with Gasteiger partial charge in [0.15, 0.2) is 17.8 Å². The van der Waals surface area contributed by atoms with Crippen molar-refractivity contribution in [3.63, 3.8) is 0 Å². The predicted molar refractivity (Wildman–Crippen MR) is 93.7 cm³/mol. The molecule has 0 unspecified atom stereocenters. The van der Waals surface area contributed by atoms with Gasteiger partial charge in [-0.1, -0.05) is 25.5 Å². The van der Waals surface area contributed by atoms with Crippen molar-refractivity contribution < 1.29 is 19.8 Å². The molecule has 3 fully saturated rings. The van der Waals surface area contributed by atoms with Gasteiger partial charge in [-0.05, 0) is 67.1 Å². The van der Waals surface area contributed by atoms with E-state index in [-0.39, 0.29) is 28.3 Å². The fraction of sp³-hybridized carbons (Fsp3) is 0.619. The second-order valence-corrected chi connectivity index (χ2v) is 8.73. The average molecular weight is 342 g/mol. The van der Waals surface area contributed by atoms with Crippen molar-refractivity contribution in [3.05, 3.63) is 35.1 Å². The lowest BCUT2D eigenvalue weighted by Crippen LogP contribution is -2.55. The second-order valence-electron chi connectivity index (χ2n) is 8.73. The molecule has 0 aromatic rings. The number of carbonyl (C=O) groups excluding carboxylic acids is 2. The Morgan fingerprint density at radius 1 is 1.28 bits per heavy atom. The zero-order valence-electron chi connectivity index (χ0n) is 14.9. The molecule has 4 rings (SSSR count). The summed E-state index contributed by atoms with van der Waals surface area (Å²) in [7, 11) is 0. The highest BCUT2D eigenvalue weighted by atomic mass is 16.3. The molecule has 2 N–H and O–H groups in total. The van der Waals surface area contributed by atoms with Crippen molar-refractivity contribution in [3.8, 4) is 0 Å². The zero-order chi connectivity index (χ0) is 18.0. The van der Waals surface area contributed by atoms with Gasteiger partial charge in [0.1, 0.15) is 0 Å². The summed E-state index contributed by atoms with van der Waals surface area (Å²) < 4.78 is 0. The third-order valence-corrected chi connectivity index (χ3v) is 7.70. The maximum atomic E-state index is 11.8. The van der Waals surface area contributed by atoms with Crippen LogP contribution in [0.3, 0.4) is 0 Å². The Hall–Kier alpha value is -1.68. The molecule has 0 aliphatic heterocycles. The highest BCUT2D eigenvalue weighted by Crippen LogP contribution is 2.66. The SMILES string of the molecule is C[C@]12C=CC(=O)C=C1CC[C@H]1[C@H]2[C@H](O)C[C@]2(C)/C(=C(/O)C=O)CC[C@H]12. The van der Waals surface area contributed by atoms with E-state index in [4.69, 9.17) is 0 Å². The van der Waals surface area contributed by atoms with Crippen LogP contribution in [0, 0.1) is 28.6 Å². The molecule has 4 aliphatic carbocycles. The molecule has 0 spiro atoms. The van der Waals surface area contributed by atoms with Crippen LogP contribution in [0.15, 0.2) is 35.1 Å². The first-order chi connectivity index (χ1) is 11.8. The van der Waals surface area contributed by atoms with Crippen molar-refractivity contribution in [1.82, 2.24) is 0 Å². The Bertz CT molecular complexity index is 730. The van der Waals surface area contributed by atoms with Crippen LogP contribution >= 0.6 is 0 Å². The molecule has 0 heterocycles. The minimum atomic E-state index is -0.509. The van der Waals surface area contributed by atoms with Gasteiger partial charge in [-0.3, -0.25) is 9.59 Å². The lowest BCUT2D eigenvalue weighted by Gasteiger charge is -2.58. The number of hydrogen-bond acceptors (Lipinski definition) is 4. The fourth-order valence-corrected chi connectivity index (χ4v) is 6.63. The van der Waals surface area contributed by atoms with E-state index in [2.05, 4.69) is 13.8 Å². The highest BCUT2D eigenvalue weighted by molar-refractivity contribution is 6.01. The monoisotopic (exact) mass is 342 g/mol. The molecule has 0 saturated heterocycles. The third-order valence-electron chi connectivity index (χ3n) is 7.70. The summed E-state index contributed by atoms with van der Waals surface area (Å²) in [6, 6.07) is 0. The summed E-state index contributed by atoms with van der Waals surface area (Å²) in [6.45, 7) is 4.26. The van der Waals surface area contributed by atoms with E-state index in [9.17, 15) is 19.8 Å². The van der Waals surface area contributed by atoms with E-state index in [1.807, 2.05) is 6.08 Å². The summed E-state index contributed by atoms with van der Waals surface area (Å²) >= 11 is 0. The van der Waals surface area contributed by atoms with Gasteiger partial charge in [-0.15, -0.1) is 0 Å². The second kappa shape index (κ2) is 5.41. The lowest BCUT2D eigenvalue weighted by molar-refractivity contribution is -0.112. The van der Waals surface area contributed by atoms with Gasteiger partial charge in [0.25, 0.3) is 0 Å². The smallest absolute Gasteiger partial charge is 0.184 e. The van der Waals surface area contributed by atoms with E-state index in [1.54, 1.807) is 12.2 Å². The first kappa shape index (κ1) is 16.8. The molecule has 25 heavy (non-hydrogen) atoms. The number of carbonyl (C=O) groups is 2. The van der Waals surface area contributed by atoms with E-state index in [0.29, 0.717) is 24.5 Å². The minimum Gasteiger partial charge on any atom is -0.505 e. The molecule has 0 radical (unpaired) electrons. The van der Waals surface area contributed by atoms with Crippen molar-refractivity contribution in [2.45, 2.75) is 52.1 Å². The normalized spacial score (nSPS) is 47.5. The van der Waals surface area contributed by atoms with Crippen LogP contribution in [-0.2, 0) is 9.59 Å². The molecule has 0 aromatic carbocycles. The van der Waals surface area contributed by atoms with Gasteiger partial charge in [0.2, 0.25) is 0 Å². The van der Waals surface area contributed by atoms with E-state index in [0.717, 1.165) is 36.8 Å². The lowest BCUT2D eigenvalue weighted by atomic mass is 9.47. The first-order valence-electron chi connectivity index (χ1n) is 9.31. The Balaban J connectivity index is 1.76. The number of aliphatic hydroxyl groups is 2. The van der Waals surface area contributed by atoms with E-state index in [1.165, 1.54) is 0 Å². The topological polar surface area (TPSA) is 74.6 Å². The zero-order valence-corrected chi connectivity index (χ0v) is 14.9. The van der Waals surface area contributed by atoms with Crippen molar-refractivity contribution >= 4 is 12.1 Å². The summed E-state index contributed by atoms with van der Waals surface area (Å²) in [4.78, 5) is 22.9. The van der Waals surface area contributed by atoms with Gasteiger partial charge < -0.3 is 10.2 Å². The number of aliphatic hydroxyl groups excluding tert-OH is 2. The van der Waals surface area contributed by atoms with Crippen LogP contribution in [0.2, 0.25) is 0 Å². The Morgan fingerprint density at radius 3 is 2.76 bits per heavy atom. The Labute approximate surface area is 148 Å². The van der Waals surface area contributed by atoms with Crippen LogP contribution in [0.1, 0.15) is 46.0 Å². The third kappa shape index (κ3) is 2.16. The van der Waals surface area contributed by atoms with E-state index < -0.39 is 6.10 Å². The number of rotatable bonds is 1. The summed E-state index contributed by atoms with van der Waals surface area (Å²) in [5.41, 5.74) is 1.40. The molecule has 134 valence electrons. The van der Waals surface area contributed by atoms with Crippen LogP contribution in [0.4, 0.5) is 0 Å². The van der Waals surface area contributed by atoms with Crippen molar-refractivity contribution in [1.29, 1.82) is 0 Å². The van der Waals surface area contributed by atoms with Gasteiger partial charge in [-0.2, -0.15) is 0 Å². The molecule has 4 heteroatoms. The quantitative estimate of drug-likeness (QED) is 0.436. The van der Waals surface area contributed by atoms with Crippen molar-refractivity contribution in [2.75, 3.05) is 0 Å². The Kier molecular flexibility index (Phi) is 3.63. The summed E-state index contributed by atoms with van der Waals surface area (Å²) in [5.74, 6) is 0.699. The number of aldehydes is 1. The summed E-state index contributed by atoms with van der Waals surface area (Å²) in [6.07, 6.45) is 9.53. The molecule has 0 amide bonds. The number of fused-ring (bicyclic) bond motifs is 5. The number of ketones is 1. The fourth-order valence-electron chi connectivity index (χ4n) is 6.63. The van der Waals surface area contributed by atoms with E-state index >= 15 is 0 Å². The average Bonchev–Trinajstić information content (AvgIpc) is 2.91. The van der Waals surface area contributed by atoms with Crippen LogP contribution in [0.5, 0.6) is 0 Å². The van der Waals surface area contributed by atoms with Crippen LogP contribution in [0.25, 0.3) is 0 Å². The predicted octanol–water partition coefficient (Wildman–Crippen LogP) is 3.28. The maximum absolute atomic E-state index is 11.8.